The second-order valence-electron chi connectivity index (χ2n) is 3.77. The summed E-state index contributed by atoms with van der Waals surface area (Å²) >= 11 is 0. The van der Waals surface area contributed by atoms with Crippen molar-refractivity contribution in [3.8, 4) is 0 Å². The van der Waals surface area contributed by atoms with Gasteiger partial charge < -0.3 is 11.1 Å². The number of nitrogens with two attached hydrogens (primary N) is 1. The van der Waals surface area contributed by atoms with Gasteiger partial charge in [0.15, 0.2) is 0 Å². The Labute approximate surface area is 94.8 Å². The van der Waals surface area contributed by atoms with Crippen LogP contribution >= 0.6 is 0 Å². The molecule has 0 aliphatic heterocycles. The summed E-state index contributed by atoms with van der Waals surface area (Å²) in [5, 5.41) is 2.68. The van der Waals surface area contributed by atoms with E-state index in [4.69, 9.17) is 5.73 Å². The monoisotopic (exact) mass is 224 g/mol. The van der Waals surface area contributed by atoms with Crippen LogP contribution in [0.3, 0.4) is 0 Å². The maximum absolute atomic E-state index is 12.8. The lowest BCUT2D eigenvalue weighted by Gasteiger charge is -2.11. The molecule has 3 nitrogen and oxygen atoms in total. The molecule has 3 N–H and O–H groups in total. The van der Waals surface area contributed by atoms with Crippen molar-refractivity contribution in [3.63, 3.8) is 0 Å². The maximum Gasteiger partial charge on any atom is 0.251 e. The van der Waals surface area contributed by atoms with E-state index < -0.39 is 5.82 Å². The molecule has 1 atom stereocenters. The van der Waals surface area contributed by atoms with Crippen LogP contribution in [0, 0.1) is 5.82 Å². The molecule has 0 spiro atoms. The van der Waals surface area contributed by atoms with E-state index in [2.05, 4.69) is 5.32 Å². The molecule has 0 saturated heterocycles. The van der Waals surface area contributed by atoms with E-state index >= 15 is 0 Å². The first-order valence-electron chi connectivity index (χ1n) is 5.42. The molecule has 0 aliphatic rings. The second kappa shape index (κ2) is 6.23. The van der Waals surface area contributed by atoms with Crippen LogP contribution in [0.25, 0.3) is 0 Å². The number of benzene rings is 1. The smallest absolute Gasteiger partial charge is 0.251 e. The molecule has 88 valence electrons. The molecule has 1 aromatic rings. The summed E-state index contributed by atoms with van der Waals surface area (Å²) < 4.78 is 12.8. The number of amides is 1. The van der Waals surface area contributed by atoms with Gasteiger partial charge in [0, 0.05) is 18.2 Å². The van der Waals surface area contributed by atoms with Crippen LogP contribution in [0.15, 0.2) is 24.3 Å². The van der Waals surface area contributed by atoms with Crippen LogP contribution in [0.5, 0.6) is 0 Å². The molecule has 1 amide bonds. The van der Waals surface area contributed by atoms with Gasteiger partial charge in [0.05, 0.1) is 0 Å². The molecular weight excluding hydrogens is 207 g/mol. The number of hydrogen-bond acceptors (Lipinski definition) is 2. The van der Waals surface area contributed by atoms with Gasteiger partial charge >= 0.3 is 0 Å². The molecule has 0 aromatic heterocycles. The van der Waals surface area contributed by atoms with Gasteiger partial charge in [-0.3, -0.25) is 4.79 Å². The SMILES string of the molecule is CCCC(N)CNC(=O)c1cccc(F)c1. The Morgan fingerprint density at radius 1 is 1.56 bits per heavy atom. The van der Waals surface area contributed by atoms with E-state index in [0.29, 0.717) is 12.1 Å². The number of halogens is 1. The predicted octanol–water partition coefficient (Wildman–Crippen LogP) is 1.68. The highest BCUT2D eigenvalue weighted by Crippen LogP contribution is 2.03. The van der Waals surface area contributed by atoms with E-state index in [-0.39, 0.29) is 11.9 Å². The van der Waals surface area contributed by atoms with Gasteiger partial charge in [0.2, 0.25) is 0 Å². The van der Waals surface area contributed by atoms with Crippen molar-refractivity contribution in [2.75, 3.05) is 6.54 Å². The Morgan fingerprint density at radius 2 is 2.31 bits per heavy atom. The van der Waals surface area contributed by atoms with E-state index in [9.17, 15) is 9.18 Å². The van der Waals surface area contributed by atoms with Crippen molar-refractivity contribution in [2.45, 2.75) is 25.8 Å². The summed E-state index contributed by atoms with van der Waals surface area (Å²) in [5.41, 5.74) is 6.07. The van der Waals surface area contributed by atoms with Gasteiger partial charge in [-0.05, 0) is 24.6 Å². The Bertz CT molecular complexity index is 355. The molecule has 1 aromatic carbocycles. The first-order chi connectivity index (χ1) is 7.63. The minimum absolute atomic E-state index is 0.0393. The first kappa shape index (κ1) is 12.6. The highest BCUT2D eigenvalue weighted by molar-refractivity contribution is 5.94. The van der Waals surface area contributed by atoms with Crippen LogP contribution in [0.2, 0.25) is 0 Å². The summed E-state index contributed by atoms with van der Waals surface area (Å²) in [4.78, 5) is 11.6. The van der Waals surface area contributed by atoms with Gasteiger partial charge in [-0.2, -0.15) is 0 Å². The number of rotatable bonds is 5. The van der Waals surface area contributed by atoms with Gasteiger partial charge in [-0.1, -0.05) is 19.4 Å². The number of carbonyl (C=O) groups is 1. The molecule has 1 rings (SSSR count). The molecule has 0 aliphatic carbocycles. The average molecular weight is 224 g/mol. The summed E-state index contributed by atoms with van der Waals surface area (Å²) in [7, 11) is 0. The second-order valence-corrected chi connectivity index (χ2v) is 3.77. The molecule has 1 unspecified atom stereocenters. The minimum Gasteiger partial charge on any atom is -0.350 e. The Morgan fingerprint density at radius 3 is 2.94 bits per heavy atom. The van der Waals surface area contributed by atoms with Crippen LogP contribution < -0.4 is 11.1 Å². The summed E-state index contributed by atoms with van der Waals surface area (Å²) in [6.45, 7) is 2.46. The fourth-order valence-electron chi connectivity index (χ4n) is 1.43. The lowest BCUT2D eigenvalue weighted by atomic mass is 10.1. The zero-order valence-corrected chi connectivity index (χ0v) is 9.37. The Kier molecular flexibility index (Phi) is 4.92. The number of nitrogens with one attached hydrogen (secondary N) is 1. The molecule has 0 saturated carbocycles. The molecule has 0 fully saturated rings. The van der Waals surface area contributed by atoms with Gasteiger partial charge in [-0.25, -0.2) is 4.39 Å². The Hall–Kier alpha value is -1.42. The molecule has 0 bridgehead atoms. The van der Waals surface area contributed by atoms with Crippen molar-refractivity contribution in [3.05, 3.63) is 35.6 Å². The normalized spacial score (nSPS) is 12.2. The average Bonchev–Trinajstić information content (AvgIpc) is 2.26. The van der Waals surface area contributed by atoms with Crippen LogP contribution in [-0.4, -0.2) is 18.5 Å². The summed E-state index contributed by atoms with van der Waals surface area (Å²) in [5.74, 6) is -0.698. The number of carbonyl (C=O) groups excluding carboxylic acids is 1. The highest BCUT2D eigenvalue weighted by atomic mass is 19.1. The molecule has 0 heterocycles. The van der Waals surface area contributed by atoms with Crippen molar-refractivity contribution in [1.29, 1.82) is 0 Å². The molecule has 16 heavy (non-hydrogen) atoms. The Balaban J connectivity index is 2.47. The highest BCUT2D eigenvalue weighted by Gasteiger charge is 2.07. The lowest BCUT2D eigenvalue weighted by molar-refractivity contribution is 0.0950. The summed E-state index contributed by atoms with van der Waals surface area (Å²) in [6, 6.07) is 5.56. The summed E-state index contributed by atoms with van der Waals surface area (Å²) in [6.07, 6.45) is 1.85. The first-order valence-corrected chi connectivity index (χ1v) is 5.42. The van der Waals surface area contributed by atoms with E-state index in [1.54, 1.807) is 6.07 Å². The lowest BCUT2D eigenvalue weighted by Crippen LogP contribution is -2.37. The van der Waals surface area contributed by atoms with Crippen LogP contribution in [0.1, 0.15) is 30.1 Å². The zero-order chi connectivity index (χ0) is 12.0. The topological polar surface area (TPSA) is 55.1 Å². The fraction of sp³-hybridized carbons (Fsp3) is 0.417. The predicted molar refractivity (Wildman–Crippen MR) is 61.6 cm³/mol. The van der Waals surface area contributed by atoms with Crippen molar-refractivity contribution in [1.82, 2.24) is 5.32 Å². The fourth-order valence-corrected chi connectivity index (χ4v) is 1.43. The third-order valence-electron chi connectivity index (χ3n) is 2.27. The van der Waals surface area contributed by atoms with Crippen molar-refractivity contribution >= 4 is 5.91 Å². The minimum atomic E-state index is -0.412. The molecule has 0 radical (unpaired) electrons. The van der Waals surface area contributed by atoms with Crippen LogP contribution in [-0.2, 0) is 0 Å². The van der Waals surface area contributed by atoms with Gasteiger partial charge in [0.1, 0.15) is 5.82 Å². The number of hydrogen-bond donors (Lipinski definition) is 2. The van der Waals surface area contributed by atoms with E-state index in [0.717, 1.165) is 12.8 Å². The standard InChI is InChI=1S/C12H17FN2O/c1-2-4-11(14)8-15-12(16)9-5-3-6-10(13)7-9/h3,5-7,11H,2,4,8,14H2,1H3,(H,15,16). The maximum atomic E-state index is 12.8. The van der Waals surface area contributed by atoms with Crippen molar-refractivity contribution in [2.24, 2.45) is 5.73 Å². The molecule has 4 heteroatoms. The third-order valence-corrected chi connectivity index (χ3v) is 2.27. The van der Waals surface area contributed by atoms with E-state index in [1.165, 1.54) is 18.2 Å². The van der Waals surface area contributed by atoms with E-state index in [1.807, 2.05) is 6.92 Å². The van der Waals surface area contributed by atoms with Crippen molar-refractivity contribution < 1.29 is 9.18 Å². The molecular formula is C12H17FN2O. The van der Waals surface area contributed by atoms with Gasteiger partial charge in [-0.15, -0.1) is 0 Å². The van der Waals surface area contributed by atoms with Crippen LogP contribution in [0.4, 0.5) is 4.39 Å². The quantitative estimate of drug-likeness (QED) is 0.799. The third kappa shape index (κ3) is 3.98. The van der Waals surface area contributed by atoms with Gasteiger partial charge in [0.25, 0.3) is 5.91 Å². The zero-order valence-electron chi connectivity index (χ0n) is 9.37. The largest absolute Gasteiger partial charge is 0.350 e.